The van der Waals surface area contributed by atoms with Crippen LogP contribution in [-0.2, 0) is 6.42 Å². The second-order valence-corrected chi connectivity index (χ2v) is 6.62. The lowest BCUT2D eigenvalue weighted by Gasteiger charge is -2.39. The summed E-state index contributed by atoms with van der Waals surface area (Å²) in [6.07, 6.45) is 5.42. The van der Waals surface area contributed by atoms with E-state index in [0.29, 0.717) is 0 Å². The van der Waals surface area contributed by atoms with E-state index in [9.17, 15) is 4.79 Å². The molecule has 1 aliphatic rings. The van der Waals surface area contributed by atoms with Gasteiger partial charge in [0.25, 0.3) is 5.91 Å². The third-order valence-corrected chi connectivity index (χ3v) is 5.58. The van der Waals surface area contributed by atoms with Gasteiger partial charge in [0.15, 0.2) is 0 Å². The highest BCUT2D eigenvalue weighted by molar-refractivity contribution is 9.09. The third kappa shape index (κ3) is 3.43. The number of nitrogens with one attached hydrogen (secondary N) is 1. The molecule has 0 saturated heterocycles. The van der Waals surface area contributed by atoms with Gasteiger partial charge >= 0.3 is 0 Å². The summed E-state index contributed by atoms with van der Waals surface area (Å²) in [6, 6.07) is 7.91. The van der Waals surface area contributed by atoms with Crippen LogP contribution < -0.4 is 5.32 Å². The molecule has 1 saturated carbocycles. The minimum Gasteiger partial charge on any atom is -0.346 e. The lowest BCUT2D eigenvalue weighted by molar-refractivity contribution is 0.0873. The van der Waals surface area contributed by atoms with E-state index >= 15 is 0 Å². The van der Waals surface area contributed by atoms with E-state index in [1.165, 1.54) is 12.8 Å². The van der Waals surface area contributed by atoms with Crippen LogP contribution in [0, 0.1) is 5.92 Å². The summed E-state index contributed by atoms with van der Waals surface area (Å²) in [7, 11) is 0. The molecule has 1 aromatic carbocycles. The number of amides is 1. The lowest BCUT2D eigenvalue weighted by Crippen LogP contribution is -2.52. The molecule has 20 heavy (non-hydrogen) atoms. The highest BCUT2D eigenvalue weighted by Crippen LogP contribution is 2.33. The largest absolute Gasteiger partial charge is 0.346 e. The van der Waals surface area contributed by atoms with Gasteiger partial charge in [-0.1, -0.05) is 48.0 Å². The Bertz CT molecular complexity index is 464. The Kier molecular flexibility index (Phi) is 5.25. The Hall–Kier alpha value is -0.830. The lowest BCUT2D eigenvalue weighted by atomic mass is 9.78. The van der Waals surface area contributed by atoms with Crippen molar-refractivity contribution in [3.8, 4) is 0 Å². The van der Waals surface area contributed by atoms with Crippen molar-refractivity contribution < 1.29 is 4.79 Å². The number of benzene rings is 1. The van der Waals surface area contributed by atoms with Crippen molar-refractivity contribution in [2.75, 3.05) is 5.33 Å². The molecule has 1 aliphatic carbocycles. The van der Waals surface area contributed by atoms with Crippen LogP contribution in [0.2, 0.25) is 0 Å². The van der Waals surface area contributed by atoms with Gasteiger partial charge in [0.1, 0.15) is 0 Å². The summed E-state index contributed by atoms with van der Waals surface area (Å²) < 4.78 is 0. The van der Waals surface area contributed by atoms with Crippen LogP contribution in [0.15, 0.2) is 24.3 Å². The molecule has 1 N–H and O–H groups in total. The number of hydrogen-bond acceptors (Lipinski definition) is 1. The van der Waals surface area contributed by atoms with E-state index < -0.39 is 0 Å². The normalized spacial score (nSPS) is 26.2. The molecule has 2 nitrogen and oxygen atoms in total. The summed E-state index contributed by atoms with van der Waals surface area (Å²) >= 11 is 3.61. The maximum absolute atomic E-state index is 12.6. The minimum atomic E-state index is -0.0650. The van der Waals surface area contributed by atoms with Crippen molar-refractivity contribution in [1.82, 2.24) is 5.32 Å². The first-order valence-electron chi connectivity index (χ1n) is 7.56. The summed E-state index contributed by atoms with van der Waals surface area (Å²) in [4.78, 5) is 12.6. The number of halogens is 1. The Morgan fingerprint density at radius 3 is 2.60 bits per heavy atom. The van der Waals surface area contributed by atoms with Gasteiger partial charge < -0.3 is 5.32 Å². The van der Waals surface area contributed by atoms with E-state index in [-0.39, 0.29) is 11.4 Å². The summed E-state index contributed by atoms with van der Waals surface area (Å²) in [6.45, 7) is 4.39. The first kappa shape index (κ1) is 15.6. The minimum absolute atomic E-state index is 0.0650. The van der Waals surface area contributed by atoms with Gasteiger partial charge in [-0.15, -0.1) is 0 Å². The highest BCUT2D eigenvalue weighted by Gasteiger charge is 2.35. The monoisotopic (exact) mass is 337 g/mol. The first-order valence-corrected chi connectivity index (χ1v) is 8.69. The second kappa shape index (κ2) is 6.75. The Labute approximate surface area is 130 Å². The predicted octanol–water partition coefficient (Wildman–Crippen LogP) is 4.32. The number of aryl methyl sites for hydroxylation is 1. The molecular weight excluding hydrogens is 314 g/mol. The number of carbonyl (C=O) groups excluding carboxylic acids is 1. The average Bonchev–Trinajstić information content (AvgIpc) is 2.49. The fourth-order valence-corrected chi connectivity index (χ4v) is 3.67. The quantitative estimate of drug-likeness (QED) is 0.814. The molecule has 2 rings (SSSR count). The van der Waals surface area contributed by atoms with Gasteiger partial charge in [0.2, 0.25) is 0 Å². The van der Waals surface area contributed by atoms with Crippen LogP contribution in [0.5, 0.6) is 0 Å². The van der Waals surface area contributed by atoms with Crippen molar-refractivity contribution in [3.63, 3.8) is 0 Å². The Morgan fingerprint density at radius 1 is 1.35 bits per heavy atom. The average molecular weight is 338 g/mol. The molecule has 0 bridgehead atoms. The van der Waals surface area contributed by atoms with Crippen LogP contribution in [0.4, 0.5) is 0 Å². The van der Waals surface area contributed by atoms with E-state index in [2.05, 4.69) is 35.1 Å². The van der Waals surface area contributed by atoms with Crippen molar-refractivity contribution in [1.29, 1.82) is 0 Å². The van der Waals surface area contributed by atoms with Gasteiger partial charge in [0, 0.05) is 10.9 Å². The van der Waals surface area contributed by atoms with E-state index in [1.54, 1.807) is 0 Å². The molecule has 1 amide bonds. The number of rotatable bonds is 4. The predicted molar refractivity (Wildman–Crippen MR) is 87.4 cm³/mol. The van der Waals surface area contributed by atoms with Crippen LogP contribution in [0.1, 0.15) is 55.5 Å². The highest BCUT2D eigenvalue weighted by atomic mass is 79.9. The van der Waals surface area contributed by atoms with Gasteiger partial charge in [-0.2, -0.15) is 0 Å². The maximum atomic E-state index is 12.6. The van der Waals surface area contributed by atoms with Gasteiger partial charge in [0.05, 0.1) is 5.54 Å². The van der Waals surface area contributed by atoms with Crippen molar-refractivity contribution in [2.24, 2.45) is 5.92 Å². The molecule has 110 valence electrons. The number of alkyl halides is 1. The maximum Gasteiger partial charge on any atom is 0.252 e. The molecule has 0 atom stereocenters. The van der Waals surface area contributed by atoms with Crippen LogP contribution in [0.3, 0.4) is 0 Å². The molecule has 0 aliphatic heterocycles. The van der Waals surface area contributed by atoms with Crippen molar-refractivity contribution in [2.45, 2.75) is 51.5 Å². The molecule has 0 unspecified atom stereocenters. The molecule has 0 aromatic heterocycles. The molecule has 1 fully saturated rings. The molecule has 1 aromatic rings. The summed E-state index contributed by atoms with van der Waals surface area (Å²) in [5.41, 5.74) is 1.89. The fraction of sp³-hybridized carbons (Fsp3) is 0.588. The smallest absolute Gasteiger partial charge is 0.252 e. The first-order chi connectivity index (χ1) is 9.60. The van der Waals surface area contributed by atoms with Crippen molar-refractivity contribution in [3.05, 3.63) is 35.4 Å². The Morgan fingerprint density at radius 2 is 2.00 bits per heavy atom. The second-order valence-electron chi connectivity index (χ2n) is 6.06. The fourth-order valence-electron chi connectivity index (χ4n) is 2.97. The molecule has 0 radical (unpaired) electrons. The number of hydrogen-bond donors (Lipinski definition) is 1. The summed E-state index contributed by atoms with van der Waals surface area (Å²) in [5, 5.41) is 4.15. The standard InChI is InChI=1S/C17H24BrNO/c1-3-14-6-4-5-7-15(14)16(20)19-17(12-18)10-8-13(2)9-11-17/h4-7,13H,3,8-12H2,1-2H3,(H,19,20). The van der Waals surface area contributed by atoms with Gasteiger partial charge in [-0.25, -0.2) is 0 Å². The van der Waals surface area contributed by atoms with Crippen LogP contribution in [0.25, 0.3) is 0 Å². The zero-order valence-electron chi connectivity index (χ0n) is 12.4. The van der Waals surface area contributed by atoms with E-state index in [0.717, 1.165) is 41.6 Å². The van der Waals surface area contributed by atoms with Crippen molar-refractivity contribution >= 4 is 21.8 Å². The molecular formula is C17H24BrNO. The van der Waals surface area contributed by atoms with E-state index in [1.807, 2.05) is 24.3 Å². The van der Waals surface area contributed by atoms with E-state index in [4.69, 9.17) is 0 Å². The SMILES string of the molecule is CCc1ccccc1C(=O)NC1(CBr)CCC(C)CC1. The van der Waals surface area contributed by atoms with Crippen LogP contribution >= 0.6 is 15.9 Å². The zero-order valence-corrected chi connectivity index (χ0v) is 14.0. The zero-order chi connectivity index (χ0) is 14.6. The molecule has 3 heteroatoms. The van der Waals surface area contributed by atoms with Crippen LogP contribution in [-0.4, -0.2) is 16.8 Å². The molecule has 0 heterocycles. The summed E-state index contributed by atoms with van der Waals surface area (Å²) in [5.74, 6) is 0.860. The van der Waals surface area contributed by atoms with Gasteiger partial charge in [-0.3, -0.25) is 4.79 Å². The van der Waals surface area contributed by atoms with Gasteiger partial charge in [-0.05, 0) is 49.7 Å². The third-order valence-electron chi connectivity index (χ3n) is 4.51. The Balaban J connectivity index is 2.13. The topological polar surface area (TPSA) is 29.1 Å². The number of carbonyl (C=O) groups is 1. The molecule has 0 spiro atoms.